The highest BCUT2D eigenvalue weighted by Crippen LogP contribution is 2.18. The van der Waals surface area contributed by atoms with E-state index in [1.54, 1.807) is 0 Å². The number of amides is 1. The van der Waals surface area contributed by atoms with Crippen LogP contribution in [0, 0.1) is 0 Å². The summed E-state index contributed by atoms with van der Waals surface area (Å²) in [6.45, 7) is 1.65. The maximum Gasteiger partial charge on any atom is 0.221 e. The Morgan fingerprint density at radius 3 is 2.86 bits per heavy atom. The Kier molecular flexibility index (Phi) is 4.51. The van der Waals surface area contributed by atoms with E-state index in [4.69, 9.17) is 0 Å². The maximum atomic E-state index is 12.1. The lowest BCUT2D eigenvalue weighted by Crippen LogP contribution is -2.38. The fraction of sp³-hybridized carbons (Fsp3) is 0.389. The van der Waals surface area contributed by atoms with Crippen LogP contribution in [0.25, 0.3) is 10.8 Å². The van der Waals surface area contributed by atoms with Crippen molar-refractivity contribution in [3.63, 3.8) is 0 Å². The molecule has 1 amide bonds. The number of piperidine rings is 1. The zero-order chi connectivity index (χ0) is 14.5. The van der Waals surface area contributed by atoms with Crippen LogP contribution in [0.5, 0.6) is 0 Å². The third-order valence-corrected chi connectivity index (χ3v) is 4.20. The molecule has 0 saturated carbocycles. The fourth-order valence-electron chi connectivity index (χ4n) is 3.03. The lowest BCUT2D eigenvalue weighted by molar-refractivity contribution is -0.121. The second-order valence-electron chi connectivity index (χ2n) is 5.77. The Morgan fingerprint density at radius 2 is 2.00 bits per heavy atom. The van der Waals surface area contributed by atoms with Crippen LogP contribution in [0.2, 0.25) is 0 Å². The molecule has 0 spiro atoms. The van der Waals surface area contributed by atoms with Crippen molar-refractivity contribution in [3.05, 3.63) is 48.0 Å². The van der Waals surface area contributed by atoms with E-state index in [9.17, 15) is 4.79 Å². The molecule has 1 fully saturated rings. The van der Waals surface area contributed by atoms with Gasteiger partial charge < -0.3 is 10.6 Å². The van der Waals surface area contributed by atoms with E-state index in [0.717, 1.165) is 13.0 Å². The van der Waals surface area contributed by atoms with Crippen molar-refractivity contribution in [3.8, 4) is 0 Å². The quantitative estimate of drug-likeness (QED) is 0.905. The van der Waals surface area contributed by atoms with Crippen LogP contribution in [0.3, 0.4) is 0 Å². The summed E-state index contributed by atoms with van der Waals surface area (Å²) in [5, 5.41) is 8.92. The number of nitrogens with one attached hydrogen (secondary N) is 2. The third kappa shape index (κ3) is 3.61. The minimum absolute atomic E-state index is 0.141. The van der Waals surface area contributed by atoms with Crippen molar-refractivity contribution < 1.29 is 4.79 Å². The van der Waals surface area contributed by atoms with Gasteiger partial charge in [0.1, 0.15) is 0 Å². The second kappa shape index (κ2) is 6.72. The highest BCUT2D eigenvalue weighted by molar-refractivity contribution is 5.86. The summed E-state index contributed by atoms with van der Waals surface area (Å²) in [5.74, 6) is 0.141. The first-order valence-electron chi connectivity index (χ1n) is 7.79. The summed E-state index contributed by atoms with van der Waals surface area (Å²) >= 11 is 0. The van der Waals surface area contributed by atoms with Crippen molar-refractivity contribution in [1.82, 2.24) is 10.6 Å². The van der Waals surface area contributed by atoms with Gasteiger partial charge in [-0.2, -0.15) is 0 Å². The van der Waals surface area contributed by atoms with Gasteiger partial charge in [-0.1, -0.05) is 48.9 Å². The van der Waals surface area contributed by atoms with Crippen LogP contribution in [-0.2, 0) is 11.3 Å². The van der Waals surface area contributed by atoms with Crippen molar-refractivity contribution in [2.24, 2.45) is 0 Å². The molecular formula is C18H22N2O. The summed E-state index contributed by atoms with van der Waals surface area (Å²) in [6, 6.07) is 14.9. The molecule has 0 aliphatic carbocycles. The standard InChI is InChI=1S/C18H22N2O/c21-18(12-16-9-3-4-11-19-16)20-13-15-8-5-7-14-6-1-2-10-17(14)15/h1-2,5-8,10,16,19H,3-4,9,11-13H2,(H,20,21). The first kappa shape index (κ1) is 14.1. The molecule has 0 aromatic heterocycles. The van der Waals surface area contributed by atoms with Crippen LogP contribution < -0.4 is 10.6 Å². The number of carbonyl (C=O) groups excluding carboxylic acids is 1. The average Bonchev–Trinajstić information content (AvgIpc) is 2.54. The van der Waals surface area contributed by atoms with E-state index in [0.29, 0.717) is 19.0 Å². The molecule has 2 aromatic rings. The van der Waals surface area contributed by atoms with Gasteiger partial charge in [-0.15, -0.1) is 0 Å². The fourth-order valence-corrected chi connectivity index (χ4v) is 3.03. The van der Waals surface area contributed by atoms with Gasteiger partial charge in [0.15, 0.2) is 0 Å². The molecule has 2 aromatic carbocycles. The zero-order valence-corrected chi connectivity index (χ0v) is 12.3. The molecule has 110 valence electrons. The molecule has 2 N–H and O–H groups in total. The van der Waals surface area contributed by atoms with Crippen molar-refractivity contribution in [2.45, 2.75) is 38.3 Å². The molecule has 1 aliphatic heterocycles. The van der Waals surface area contributed by atoms with Gasteiger partial charge in [0, 0.05) is 19.0 Å². The lowest BCUT2D eigenvalue weighted by atomic mass is 10.0. The summed E-state index contributed by atoms with van der Waals surface area (Å²) in [4.78, 5) is 12.1. The zero-order valence-electron chi connectivity index (χ0n) is 12.3. The molecule has 1 heterocycles. The van der Waals surface area contributed by atoms with Gasteiger partial charge in [0.05, 0.1) is 0 Å². The van der Waals surface area contributed by atoms with Crippen molar-refractivity contribution in [2.75, 3.05) is 6.54 Å². The number of benzene rings is 2. The van der Waals surface area contributed by atoms with E-state index in [-0.39, 0.29) is 5.91 Å². The normalized spacial score (nSPS) is 18.6. The SMILES string of the molecule is O=C(CC1CCCCN1)NCc1cccc2ccccc12. The Morgan fingerprint density at radius 1 is 1.14 bits per heavy atom. The van der Waals surface area contributed by atoms with Gasteiger partial charge >= 0.3 is 0 Å². The van der Waals surface area contributed by atoms with E-state index in [2.05, 4.69) is 34.9 Å². The Balaban J connectivity index is 1.59. The van der Waals surface area contributed by atoms with E-state index >= 15 is 0 Å². The number of fused-ring (bicyclic) bond motifs is 1. The Hall–Kier alpha value is -1.87. The molecule has 0 radical (unpaired) electrons. The third-order valence-electron chi connectivity index (χ3n) is 4.20. The van der Waals surface area contributed by atoms with Crippen LogP contribution >= 0.6 is 0 Å². The number of rotatable bonds is 4. The van der Waals surface area contributed by atoms with Crippen LogP contribution in [0.1, 0.15) is 31.2 Å². The van der Waals surface area contributed by atoms with Crippen LogP contribution in [0.15, 0.2) is 42.5 Å². The Bertz CT molecular complexity index is 612. The average molecular weight is 282 g/mol. The van der Waals surface area contributed by atoms with Gasteiger partial charge in [-0.3, -0.25) is 4.79 Å². The first-order valence-corrected chi connectivity index (χ1v) is 7.79. The van der Waals surface area contributed by atoms with Crippen LogP contribution in [-0.4, -0.2) is 18.5 Å². The molecule has 3 rings (SSSR count). The van der Waals surface area contributed by atoms with Gasteiger partial charge in [0.25, 0.3) is 0 Å². The predicted octanol–water partition coefficient (Wildman–Crippen LogP) is 2.99. The van der Waals surface area contributed by atoms with Crippen LogP contribution in [0.4, 0.5) is 0 Å². The van der Waals surface area contributed by atoms with Gasteiger partial charge in [-0.25, -0.2) is 0 Å². The molecule has 3 nitrogen and oxygen atoms in total. The number of hydrogen-bond acceptors (Lipinski definition) is 2. The highest BCUT2D eigenvalue weighted by atomic mass is 16.1. The van der Waals surface area contributed by atoms with Gasteiger partial charge in [0.2, 0.25) is 5.91 Å². The smallest absolute Gasteiger partial charge is 0.221 e. The first-order chi connectivity index (χ1) is 10.3. The molecule has 0 bridgehead atoms. The van der Waals surface area contributed by atoms with Gasteiger partial charge in [-0.05, 0) is 35.7 Å². The highest BCUT2D eigenvalue weighted by Gasteiger charge is 2.16. The summed E-state index contributed by atoms with van der Waals surface area (Å²) in [7, 11) is 0. The Labute approximate surface area is 125 Å². The van der Waals surface area contributed by atoms with E-state index < -0.39 is 0 Å². The molecule has 1 atom stereocenters. The van der Waals surface area contributed by atoms with E-state index in [1.807, 2.05) is 18.2 Å². The van der Waals surface area contributed by atoms with E-state index in [1.165, 1.54) is 29.2 Å². The predicted molar refractivity (Wildman–Crippen MR) is 86.1 cm³/mol. The molecular weight excluding hydrogens is 260 g/mol. The second-order valence-corrected chi connectivity index (χ2v) is 5.77. The summed E-state index contributed by atoms with van der Waals surface area (Å²) < 4.78 is 0. The lowest BCUT2D eigenvalue weighted by Gasteiger charge is -2.22. The molecule has 21 heavy (non-hydrogen) atoms. The summed E-state index contributed by atoms with van der Waals surface area (Å²) in [6.07, 6.45) is 4.16. The largest absolute Gasteiger partial charge is 0.352 e. The molecule has 1 saturated heterocycles. The number of hydrogen-bond donors (Lipinski definition) is 2. The molecule has 3 heteroatoms. The van der Waals surface area contributed by atoms with Crippen molar-refractivity contribution >= 4 is 16.7 Å². The number of carbonyl (C=O) groups is 1. The maximum absolute atomic E-state index is 12.1. The molecule has 1 unspecified atom stereocenters. The molecule has 1 aliphatic rings. The monoisotopic (exact) mass is 282 g/mol. The summed E-state index contributed by atoms with van der Waals surface area (Å²) in [5.41, 5.74) is 1.18. The minimum Gasteiger partial charge on any atom is -0.352 e. The topological polar surface area (TPSA) is 41.1 Å². The van der Waals surface area contributed by atoms with Crippen molar-refractivity contribution in [1.29, 1.82) is 0 Å². The minimum atomic E-state index is 0.141.